The minimum Gasteiger partial charge on any atom is -0.260 e. The van der Waals surface area contributed by atoms with Crippen molar-refractivity contribution in [2.45, 2.75) is 26.2 Å². The van der Waals surface area contributed by atoms with E-state index in [9.17, 15) is 0 Å². The summed E-state index contributed by atoms with van der Waals surface area (Å²) in [5, 5.41) is 0. The van der Waals surface area contributed by atoms with E-state index < -0.39 is 0 Å². The molecular formula is C15H15N. The van der Waals surface area contributed by atoms with Crippen LogP contribution in [0.1, 0.15) is 30.7 Å². The highest BCUT2D eigenvalue weighted by Gasteiger charge is 2.36. The lowest BCUT2D eigenvalue weighted by Crippen LogP contribution is -2.16. The number of rotatable bonds is 0. The van der Waals surface area contributed by atoms with E-state index in [1.165, 1.54) is 27.9 Å². The Bertz CT molecular complexity index is 567. The molecule has 1 aromatic carbocycles. The van der Waals surface area contributed by atoms with Gasteiger partial charge in [0.25, 0.3) is 0 Å². The summed E-state index contributed by atoms with van der Waals surface area (Å²) in [7, 11) is 0. The van der Waals surface area contributed by atoms with Crippen molar-refractivity contribution in [2.75, 3.05) is 0 Å². The zero-order valence-electron chi connectivity index (χ0n) is 9.91. The molecule has 0 fully saturated rings. The van der Waals surface area contributed by atoms with E-state index in [1.54, 1.807) is 0 Å². The second-order valence-corrected chi connectivity index (χ2v) is 5.07. The highest BCUT2D eigenvalue weighted by Crippen LogP contribution is 2.47. The van der Waals surface area contributed by atoms with Gasteiger partial charge in [-0.3, -0.25) is 4.98 Å². The molecule has 0 spiro atoms. The average Bonchev–Trinajstić information content (AvgIpc) is 2.49. The molecule has 1 heterocycles. The highest BCUT2D eigenvalue weighted by atomic mass is 14.7. The zero-order valence-corrected chi connectivity index (χ0v) is 9.91. The van der Waals surface area contributed by atoms with Crippen LogP contribution in [-0.4, -0.2) is 4.98 Å². The molecule has 1 aliphatic rings. The van der Waals surface area contributed by atoms with E-state index in [0.29, 0.717) is 0 Å². The lowest BCUT2D eigenvalue weighted by atomic mass is 9.85. The molecule has 0 amide bonds. The molecule has 1 heteroatoms. The molecule has 3 rings (SSSR count). The van der Waals surface area contributed by atoms with Crippen molar-refractivity contribution in [1.82, 2.24) is 4.98 Å². The van der Waals surface area contributed by atoms with Crippen LogP contribution in [0.25, 0.3) is 11.1 Å². The van der Waals surface area contributed by atoms with Crippen LogP contribution in [-0.2, 0) is 5.41 Å². The Morgan fingerprint density at radius 1 is 1.06 bits per heavy atom. The number of pyridine rings is 1. The van der Waals surface area contributed by atoms with Crippen LogP contribution < -0.4 is 0 Å². The molecule has 0 aliphatic heterocycles. The maximum absolute atomic E-state index is 4.56. The van der Waals surface area contributed by atoms with Crippen LogP contribution in [0.4, 0.5) is 0 Å². The van der Waals surface area contributed by atoms with Gasteiger partial charge in [-0.15, -0.1) is 0 Å². The average molecular weight is 209 g/mol. The third-order valence-electron chi connectivity index (χ3n) is 3.54. The van der Waals surface area contributed by atoms with Crippen molar-refractivity contribution in [3.8, 4) is 11.1 Å². The number of benzene rings is 1. The van der Waals surface area contributed by atoms with Crippen molar-refractivity contribution in [1.29, 1.82) is 0 Å². The summed E-state index contributed by atoms with van der Waals surface area (Å²) >= 11 is 0. The van der Waals surface area contributed by atoms with Gasteiger partial charge in [-0.05, 0) is 24.1 Å². The van der Waals surface area contributed by atoms with Crippen LogP contribution in [0.2, 0.25) is 0 Å². The van der Waals surface area contributed by atoms with Gasteiger partial charge in [0.05, 0.1) is 5.69 Å². The number of aromatic nitrogens is 1. The molecule has 0 bridgehead atoms. The van der Waals surface area contributed by atoms with Crippen molar-refractivity contribution < 1.29 is 0 Å². The fraction of sp³-hybridized carbons (Fsp3) is 0.267. The van der Waals surface area contributed by atoms with Gasteiger partial charge < -0.3 is 0 Å². The Hall–Kier alpha value is -1.63. The van der Waals surface area contributed by atoms with Crippen LogP contribution in [0.5, 0.6) is 0 Å². The Morgan fingerprint density at radius 3 is 2.69 bits per heavy atom. The van der Waals surface area contributed by atoms with Gasteiger partial charge in [0.15, 0.2) is 0 Å². The van der Waals surface area contributed by atoms with E-state index in [-0.39, 0.29) is 5.41 Å². The number of hydrogen-bond donors (Lipinski definition) is 0. The molecule has 0 radical (unpaired) electrons. The van der Waals surface area contributed by atoms with E-state index in [0.717, 1.165) is 0 Å². The molecule has 0 unspecified atom stereocenters. The van der Waals surface area contributed by atoms with Gasteiger partial charge in [-0.25, -0.2) is 0 Å². The topological polar surface area (TPSA) is 12.9 Å². The summed E-state index contributed by atoms with van der Waals surface area (Å²) < 4.78 is 0. The molecule has 16 heavy (non-hydrogen) atoms. The first kappa shape index (κ1) is 9.59. The van der Waals surface area contributed by atoms with Crippen molar-refractivity contribution in [3.63, 3.8) is 0 Å². The molecule has 2 aromatic rings. The van der Waals surface area contributed by atoms with Gasteiger partial charge in [0, 0.05) is 17.2 Å². The minimum atomic E-state index is 0.0396. The Kier molecular flexibility index (Phi) is 1.76. The third-order valence-corrected chi connectivity index (χ3v) is 3.54. The van der Waals surface area contributed by atoms with E-state index in [4.69, 9.17) is 0 Å². The predicted octanol–water partition coefficient (Wildman–Crippen LogP) is 3.70. The molecule has 80 valence electrons. The van der Waals surface area contributed by atoms with Gasteiger partial charge in [0.2, 0.25) is 0 Å². The van der Waals surface area contributed by atoms with E-state index in [2.05, 4.69) is 50.0 Å². The lowest BCUT2D eigenvalue weighted by Gasteiger charge is -2.20. The summed E-state index contributed by atoms with van der Waals surface area (Å²) in [6, 6.07) is 10.9. The fourth-order valence-corrected chi connectivity index (χ4v) is 2.66. The third kappa shape index (κ3) is 1.09. The first-order valence-electron chi connectivity index (χ1n) is 5.68. The number of aryl methyl sites for hydroxylation is 1. The molecule has 0 saturated heterocycles. The second kappa shape index (κ2) is 2.94. The van der Waals surface area contributed by atoms with E-state index >= 15 is 0 Å². The molecule has 0 atom stereocenters. The summed E-state index contributed by atoms with van der Waals surface area (Å²) in [6.07, 6.45) is 1.89. The van der Waals surface area contributed by atoms with Gasteiger partial charge >= 0.3 is 0 Å². The largest absolute Gasteiger partial charge is 0.260 e. The highest BCUT2D eigenvalue weighted by molar-refractivity contribution is 5.79. The van der Waals surface area contributed by atoms with Crippen LogP contribution in [0, 0.1) is 6.92 Å². The smallest absolute Gasteiger partial charge is 0.0582 e. The standard InChI is InChI=1S/C15H15N/c1-10-6-7-11-12-5-4-8-16-14(12)15(2,3)13(11)9-10/h4-9H,1-3H3. The monoisotopic (exact) mass is 209 g/mol. The van der Waals surface area contributed by atoms with Gasteiger partial charge in [-0.2, -0.15) is 0 Å². The summed E-state index contributed by atoms with van der Waals surface area (Å²) in [6.45, 7) is 6.65. The quantitative estimate of drug-likeness (QED) is 0.644. The molecular weight excluding hydrogens is 194 g/mol. The summed E-state index contributed by atoms with van der Waals surface area (Å²) in [4.78, 5) is 4.56. The lowest BCUT2D eigenvalue weighted by molar-refractivity contribution is 0.636. The van der Waals surface area contributed by atoms with Crippen molar-refractivity contribution in [3.05, 3.63) is 53.3 Å². The first-order valence-corrected chi connectivity index (χ1v) is 5.68. The maximum Gasteiger partial charge on any atom is 0.0582 e. The molecule has 0 saturated carbocycles. The second-order valence-electron chi connectivity index (χ2n) is 5.07. The van der Waals surface area contributed by atoms with Gasteiger partial charge in [-0.1, -0.05) is 43.7 Å². The Labute approximate surface area is 96.2 Å². The fourth-order valence-electron chi connectivity index (χ4n) is 2.66. The minimum absolute atomic E-state index is 0.0396. The number of fused-ring (bicyclic) bond motifs is 3. The zero-order chi connectivity index (χ0) is 11.3. The van der Waals surface area contributed by atoms with Crippen LogP contribution >= 0.6 is 0 Å². The Balaban J connectivity index is 2.39. The molecule has 0 N–H and O–H groups in total. The summed E-state index contributed by atoms with van der Waals surface area (Å²) in [5.41, 5.74) is 6.61. The van der Waals surface area contributed by atoms with Crippen LogP contribution in [0.15, 0.2) is 36.5 Å². The van der Waals surface area contributed by atoms with Gasteiger partial charge in [0.1, 0.15) is 0 Å². The maximum atomic E-state index is 4.56. The molecule has 1 nitrogen and oxygen atoms in total. The normalized spacial score (nSPS) is 15.7. The summed E-state index contributed by atoms with van der Waals surface area (Å²) in [5.74, 6) is 0. The number of hydrogen-bond acceptors (Lipinski definition) is 1. The Morgan fingerprint density at radius 2 is 1.88 bits per heavy atom. The number of nitrogens with zero attached hydrogens (tertiary/aromatic N) is 1. The predicted molar refractivity (Wildman–Crippen MR) is 66.5 cm³/mol. The SMILES string of the molecule is Cc1ccc2c(c1)C(C)(C)c1ncccc1-2. The van der Waals surface area contributed by atoms with Crippen molar-refractivity contribution in [2.24, 2.45) is 0 Å². The first-order chi connectivity index (χ1) is 7.60. The molecule has 1 aliphatic carbocycles. The molecule has 1 aromatic heterocycles. The van der Waals surface area contributed by atoms with Crippen molar-refractivity contribution >= 4 is 0 Å². The van der Waals surface area contributed by atoms with Crippen LogP contribution in [0.3, 0.4) is 0 Å². The van der Waals surface area contributed by atoms with E-state index in [1.807, 2.05) is 12.3 Å².